The molecule has 2 aliphatic rings. The van der Waals surface area contributed by atoms with Crippen LogP contribution in [0.3, 0.4) is 0 Å². The van der Waals surface area contributed by atoms with Gasteiger partial charge >= 0.3 is 0 Å². The Morgan fingerprint density at radius 1 is 0.893 bits per heavy atom. The number of halogens is 2. The quantitative estimate of drug-likeness (QED) is 0.0949. The van der Waals surface area contributed by atoms with Crippen LogP contribution in [0.25, 0.3) is 0 Å². The van der Waals surface area contributed by atoms with Crippen molar-refractivity contribution in [2.45, 2.75) is 82.5 Å². The van der Waals surface area contributed by atoms with Crippen LogP contribution in [-0.4, -0.2) is 85.2 Å². The van der Waals surface area contributed by atoms with Crippen molar-refractivity contribution in [3.63, 3.8) is 0 Å². The lowest BCUT2D eigenvalue weighted by molar-refractivity contribution is -0.141. The van der Waals surface area contributed by atoms with Gasteiger partial charge in [0.05, 0.1) is 38.8 Å². The van der Waals surface area contributed by atoms with Gasteiger partial charge in [-0.1, -0.05) is 25.5 Å². The molecule has 0 aliphatic heterocycles. The van der Waals surface area contributed by atoms with E-state index in [1.807, 2.05) is 0 Å². The largest absolute Gasteiger partial charge is 0.497 e. The molecule has 6 atom stereocenters. The zero-order valence-electron chi connectivity index (χ0n) is 31.3. The maximum Gasteiger partial charge on any atom is 0.290 e. The molecule has 2 aromatic rings. The average Bonchev–Trinajstić information content (AvgIpc) is 3.58. The van der Waals surface area contributed by atoms with Crippen LogP contribution >= 0.6 is 0 Å². The van der Waals surface area contributed by atoms with Crippen LogP contribution in [0.5, 0.6) is 11.5 Å². The fraction of sp³-hybridized carbons (Fsp3) is 0.462. The van der Waals surface area contributed by atoms with Crippen molar-refractivity contribution in [3.8, 4) is 11.5 Å². The summed E-state index contributed by atoms with van der Waals surface area (Å²) in [5.74, 6) is -10.7. The minimum atomic E-state index is -1.38. The van der Waals surface area contributed by atoms with E-state index >= 15 is 0 Å². The summed E-state index contributed by atoms with van der Waals surface area (Å²) in [4.78, 5) is 92.4. The van der Waals surface area contributed by atoms with Crippen LogP contribution in [0.2, 0.25) is 0 Å². The monoisotopic (exact) mass is 783 g/mol. The van der Waals surface area contributed by atoms with Gasteiger partial charge in [0.2, 0.25) is 23.5 Å². The zero-order chi connectivity index (χ0) is 41.1. The number of primary amides is 1. The van der Waals surface area contributed by atoms with E-state index in [-0.39, 0.29) is 24.8 Å². The van der Waals surface area contributed by atoms with Crippen LogP contribution in [0.1, 0.15) is 80.3 Å². The van der Waals surface area contributed by atoms with Gasteiger partial charge < -0.3 is 41.6 Å². The number of nitrogens with one attached hydrogen (secondary N) is 4. The van der Waals surface area contributed by atoms with E-state index in [4.69, 9.17) is 15.2 Å². The van der Waals surface area contributed by atoms with Crippen LogP contribution in [0.15, 0.2) is 48.0 Å². The Morgan fingerprint density at radius 2 is 1.54 bits per heavy atom. The Bertz CT molecular complexity index is 1830. The Kier molecular flexibility index (Phi) is 15.2. The molecule has 2 aliphatic carbocycles. The fourth-order valence-electron chi connectivity index (χ4n) is 6.99. The highest BCUT2D eigenvalue weighted by Crippen LogP contribution is 2.36. The summed E-state index contributed by atoms with van der Waals surface area (Å²) in [5.41, 5.74) is 5.39. The molecule has 5 amide bonds. The Labute approximate surface area is 322 Å². The van der Waals surface area contributed by atoms with Gasteiger partial charge in [-0.25, -0.2) is 8.78 Å². The van der Waals surface area contributed by atoms with Gasteiger partial charge in [-0.05, 0) is 80.3 Å². The molecule has 0 spiro atoms. The fourth-order valence-corrected chi connectivity index (χ4v) is 6.99. The topological polar surface area (TPSA) is 232 Å². The molecule has 2 aromatic carbocycles. The number of benzene rings is 2. The lowest BCUT2D eigenvalue weighted by Gasteiger charge is -2.28. The van der Waals surface area contributed by atoms with Gasteiger partial charge in [-0.3, -0.25) is 33.6 Å². The number of carbonyl (C=O) groups excluding carboxylic acids is 7. The molecule has 3 unspecified atom stereocenters. The third kappa shape index (κ3) is 10.7. The zero-order valence-corrected chi connectivity index (χ0v) is 31.3. The number of ether oxygens (including phenoxy) is 2. The van der Waals surface area contributed by atoms with Crippen LogP contribution < -0.4 is 36.5 Å². The third-order valence-corrected chi connectivity index (χ3v) is 9.83. The molecular formula is C39H47F2N5O10. The first-order chi connectivity index (χ1) is 26.7. The molecule has 1 saturated carbocycles. The van der Waals surface area contributed by atoms with Gasteiger partial charge in [0.15, 0.2) is 5.78 Å². The first kappa shape index (κ1) is 43.0. The van der Waals surface area contributed by atoms with Crippen LogP contribution in [0.4, 0.5) is 8.78 Å². The Morgan fingerprint density at radius 3 is 2.11 bits per heavy atom. The van der Waals surface area contributed by atoms with Gasteiger partial charge in [-0.2, -0.15) is 0 Å². The number of aliphatic hydroxyl groups is 1. The number of rotatable bonds is 18. The summed E-state index contributed by atoms with van der Waals surface area (Å²) >= 11 is 0. The molecule has 17 heteroatoms. The molecular weight excluding hydrogens is 736 g/mol. The predicted molar refractivity (Wildman–Crippen MR) is 196 cm³/mol. The van der Waals surface area contributed by atoms with E-state index in [1.54, 1.807) is 19.1 Å². The highest BCUT2D eigenvalue weighted by atomic mass is 19.1. The molecule has 0 heterocycles. The van der Waals surface area contributed by atoms with Crippen molar-refractivity contribution in [3.05, 3.63) is 70.8 Å². The summed E-state index contributed by atoms with van der Waals surface area (Å²) in [6.07, 6.45) is 3.16. The number of Topliss-reactive ketones (excluding diaryl/α,β-unsaturated/α-hetero) is 2. The van der Waals surface area contributed by atoms with Crippen LogP contribution in [0, 0.1) is 23.5 Å². The van der Waals surface area contributed by atoms with E-state index in [9.17, 15) is 47.4 Å². The SMILES string of the molecule is CCCC(NC(=O)[C@@H]1C[C@@H](O)CC1C(=O)[C@@H](NC(=O)c1c(F)cccc1F)C1=CCCCC1)C(=O)C(=O)NCC(=O)NC(C(N)=O)c1cc(OC)cc(OC)c1. The van der Waals surface area contributed by atoms with E-state index in [2.05, 4.69) is 21.3 Å². The van der Waals surface area contributed by atoms with Gasteiger partial charge in [0, 0.05) is 12.0 Å². The minimum Gasteiger partial charge on any atom is -0.497 e. The number of hydrogen-bond donors (Lipinski definition) is 6. The molecule has 0 saturated heterocycles. The second-order valence-electron chi connectivity index (χ2n) is 13.7. The summed E-state index contributed by atoms with van der Waals surface area (Å²) < 4.78 is 39.4. The molecule has 7 N–H and O–H groups in total. The lowest BCUT2D eigenvalue weighted by Crippen LogP contribution is -2.52. The summed E-state index contributed by atoms with van der Waals surface area (Å²) in [6, 6.07) is 3.28. The number of aliphatic hydroxyl groups excluding tert-OH is 1. The molecule has 56 heavy (non-hydrogen) atoms. The molecule has 1 fully saturated rings. The smallest absolute Gasteiger partial charge is 0.290 e. The lowest BCUT2D eigenvalue weighted by atomic mass is 9.82. The van der Waals surface area contributed by atoms with Gasteiger partial charge in [-0.15, -0.1) is 0 Å². The molecule has 0 bridgehead atoms. The predicted octanol–water partition coefficient (Wildman–Crippen LogP) is 1.85. The summed E-state index contributed by atoms with van der Waals surface area (Å²) in [5, 5.41) is 20.2. The van der Waals surface area contributed by atoms with Gasteiger partial charge in [0.1, 0.15) is 40.8 Å². The number of carbonyl (C=O) groups is 7. The maximum absolute atomic E-state index is 14.5. The van der Waals surface area contributed by atoms with Crippen molar-refractivity contribution in [2.24, 2.45) is 17.6 Å². The first-order valence-corrected chi connectivity index (χ1v) is 18.3. The number of ketones is 2. The summed E-state index contributed by atoms with van der Waals surface area (Å²) in [6.45, 7) is 0.956. The van der Waals surface area contributed by atoms with Crippen molar-refractivity contribution in [2.75, 3.05) is 20.8 Å². The first-order valence-electron chi connectivity index (χ1n) is 18.3. The minimum absolute atomic E-state index is 0.000723. The number of amides is 5. The average molecular weight is 784 g/mol. The normalized spacial score (nSPS) is 19.3. The number of allylic oxidation sites excluding steroid dienone is 1. The van der Waals surface area contributed by atoms with E-state index in [0.29, 0.717) is 42.8 Å². The summed E-state index contributed by atoms with van der Waals surface area (Å²) in [7, 11) is 2.78. The third-order valence-electron chi connectivity index (χ3n) is 9.83. The highest BCUT2D eigenvalue weighted by Gasteiger charge is 2.46. The molecule has 302 valence electrons. The van der Waals surface area contributed by atoms with Crippen LogP contribution in [-0.2, 0) is 28.8 Å². The Balaban J connectivity index is 1.45. The highest BCUT2D eigenvalue weighted by molar-refractivity contribution is 6.38. The van der Waals surface area contributed by atoms with Crippen molar-refractivity contribution < 1.29 is 56.9 Å². The van der Waals surface area contributed by atoms with E-state index in [0.717, 1.165) is 24.6 Å². The van der Waals surface area contributed by atoms with E-state index in [1.165, 1.54) is 26.4 Å². The van der Waals surface area contributed by atoms with Crippen molar-refractivity contribution in [1.29, 1.82) is 0 Å². The Hall–Kier alpha value is -5.71. The number of nitrogens with two attached hydrogens (primary N) is 1. The van der Waals surface area contributed by atoms with Crippen molar-refractivity contribution >= 4 is 41.1 Å². The molecule has 15 nitrogen and oxygen atoms in total. The number of methoxy groups -OCH3 is 2. The number of hydrogen-bond acceptors (Lipinski definition) is 10. The standard InChI is InChI=1S/C39H47F2N5O10/c1-4-9-29(35(50)39(54)43-19-30(48)45-33(36(42)51)21-14-23(55-2)18-24(15-21)56-3)44-37(52)26-17-22(47)16-25(26)34(49)32(20-10-6-5-7-11-20)46-38(53)31-27(40)12-8-13-28(31)41/h8,10,12-15,18,22,25-26,29,32-33,47H,4-7,9,11,16-17,19H2,1-3H3,(H2,42,51)(H,43,54)(H,44,52)(H,45,48)(H,46,53)/t22-,25?,26+,29?,32-,33?/m0/s1. The maximum atomic E-state index is 14.5. The molecule has 0 aromatic heterocycles. The second-order valence-corrected chi connectivity index (χ2v) is 13.7. The molecule has 0 radical (unpaired) electrons. The second kappa shape index (κ2) is 19.7. The van der Waals surface area contributed by atoms with E-state index < -0.39 is 101 Å². The van der Waals surface area contributed by atoms with Crippen molar-refractivity contribution in [1.82, 2.24) is 21.3 Å². The van der Waals surface area contributed by atoms with Gasteiger partial charge in [0.25, 0.3) is 11.8 Å². The molecule has 4 rings (SSSR count).